The number of carboxylic acid groups (broad SMARTS) is 1. The summed E-state index contributed by atoms with van der Waals surface area (Å²) in [5.74, 6) is -0.779. The van der Waals surface area contributed by atoms with Crippen LogP contribution >= 0.6 is 0 Å². The summed E-state index contributed by atoms with van der Waals surface area (Å²) in [5, 5.41) is 12.4. The Kier molecular flexibility index (Phi) is 3.84. The molecule has 0 radical (unpaired) electrons. The normalized spacial score (nSPS) is 11.2. The Balaban J connectivity index is 2.47. The lowest BCUT2D eigenvalue weighted by Gasteiger charge is -2.23. The van der Waals surface area contributed by atoms with Crippen molar-refractivity contribution in [1.82, 2.24) is 4.98 Å². The zero-order valence-corrected chi connectivity index (χ0v) is 12.3. The van der Waals surface area contributed by atoms with Gasteiger partial charge in [-0.2, -0.15) is 0 Å². The highest BCUT2D eigenvalue weighted by molar-refractivity contribution is 5.95. The Morgan fingerprint density at radius 3 is 2.57 bits per heavy atom. The third-order valence-electron chi connectivity index (χ3n) is 3.13. The van der Waals surface area contributed by atoms with Gasteiger partial charge in [-0.3, -0.25) is 0 Å². The molecular formula is C16H19N3O2. The van der Waals surface area contributed by atoms with Gasteiger partial charge in [-0.05, 0) is 23.1 Å². The van der Waals surface area contributed by atoms with Crippen LogP contribution in [-0.4, -0.2) is 16.1 Å². The number of benzene rings is 1. The maximum absolute atomic E-state index is 11.3. The molecule has 1 heterocycles. The van der Waals surface area contributed by atoms with Gasteiger partial charge in [0.1, 0.15) is 11.4 Å². The minimum atomic E-state index is -1.06. The molecule has 2 aromatic rings. The van der Waals surface area contributed by atoms with E-state index in [9.17, 15) is 9.90 Å². The van der Waals surface area contributed by atoms with E-state index < -0.39 is 5.97 Å². The first kappa shape index (κ1) is 14.8. The molecule has 0 atom stereocenters. The Morgan fingerprint density at radius 2 is 1.95 bits per heavy atom. The second-order valence-electron chi connectivity index (χ2n) is 5.89. The average Bonchev–Trinajstić information content (AvgIpc) is 2.40. The van der Waals surface area contributed by atoms with Crippen molar-refractivity contribution in [2.24, 2.45) is 0 Å². The second-order valence-corrected chi connectivity index (χ2v) is 5.89. The number of hydrogen-bond acceptors (Lipinski definition) is 4. The molecule has 0 saturated heterocycles. The number of nitrogens with one attached hydrogen (secondary N) is 1. The number of aromatic carboxylic acids is 1. The monoisotopic (exact) mass is 285 g/mol. The number of rotatable bonds is 3. The summed E-state index contributed by atoms with van der Waals surface area (Å²) in [6.45, 7) is 6.30. The lowest BCUT2D eigenvalue weighted by Crippen LogP contribution is -2.14. The van der Waals surface area contributed by atoms with Crippen LogP contribution in [-0.2, 0) is 5.41 Å². The summed E-state index contributed by atoms with van der Waals surface area (Å²) in [6.07, 6.45) is 1.44. The van der Waals surface area contributed by atoms with Crippen LogP contribution in [0.5, 0.6) is 0 Å². The van der Waals surface area contributed by atoms with Crippen molar-refractivity contribution in [2.75, 3.05) is 11.1 Å². The molecule has 0 aliphatic carbocycles. The number of carbonyl (C=O) groups is 1. The van der Waals surface area contributed by atoms with Crippen LogP contribution in [0.1, 0.15) is 36.7 Å². The van der Waals surface area contributed by atoms with E-state index >= 15 is 0 Å². The topological polar surface area (TPSA) is 88.2 Å². The largest absolute Gasteiger partial charge is 0.478 e. The molecule has 1 aromatic heterocycles. The van der Waals surface area contributed by atoms with E-state index in [1.165, 1.54) is 12.3 Å². The number of aromatic nitrogens is 1. The third-order valence-corrected chi connectivity index (χ3v) is 3.13. The van der Waals surface area contributed by atoms with Crippen LogP contribution in [0.4, 0.5) is 17.2 Å². The molecule has 0 fully saturated rings. The van der Waals surface area contributed by atoms with Crippen molar-refractivity contribution in [3.05, 3.63) is 47.7 Å². The quantitative estimate of drug-likeness (QED) is 0.804. The van der Waals surface area contributed by atoms with E-state index in [4.69, 9.17) is 5.73 Å². The number of pyridine rings is 1. The summed E-state index contributed by atoms with van der Waals surface area (Å²) in [5.41, 5.74) is 7.83. The molecule has 1 aromatic carbocycles. The van der Waals surface area contributed by atoms with Crippen LogP contribution in [0, 0.1) is 0 Å². The number of carboxylic acids is 1. The molecule has 0 spiro atoms. The molecule has 0 aliphatic heterocycles. The van der Waals surface area contributed by atoms with Gasteiger partial charge in [-0.1, -0.05) is 39.0 Å². The molecule has 0 saturated carbocycles. The van der Waals surface area contributed by atoms with Crippen LogP contribution in [0.2, 0.25) is 0 Å². The SMILES string of the molecule is CC(C)(C)c1ccccc1Nc1ncc(N)cc1C(=O)O. The first-order valence-electron chi connectivity index (χ1n) is 6.64. The number of hydrogen-bond donors (Lipinski definition) is 3. The summed E-state index contributed by atoms with van der Waals surface area (Å²) in [4.78, 5) is 15.4. The molecule has 5 nitrogen and oxygen atoms in total. The summed E-state index contributed by atoms with van der Waals surface area (Å²) in [7, 11) is 0. The fraction of sp³-hybridized carbons (Fsp3) is 0.250. The van der Waals surface area contributed by atoms with E-state index in [0.29, 0.717) is 5.69 Å². The lowest BCUT2D eigenvalue weighted by molar-refractivity contribution is 0.0697. The van der Waals surface area contributed by atoms with Crippen LogP contribution in [0.25, 0.3) is 0 Å². The van der Waals surface area contributed by atoms with Gasteiger partial charge in [0.25, 0.3) is 0 Å². The molecule has 2 rings (SSSR count). The third kappa shape index (κ3) is 3.31. The highest BCUT2D eigenvalue weighted by Crippen LogP contribution is 2.31. The lowest BCUT2D eigenvalue weighted by atomic mass is 9.86. The zero-order chi connectivity index (χ0) is 15.6. The average molecular weight is 285 g/mol. The molecule has 0 bridgehead atoms. The van der Waals surface area contributed by atoms with Crippen molar-refractivity contribution in [1.29, 1.82) is 0 Å². The number of para-hydroxylation sites is 1. The fourth-order valence-corrected chi connectivity index (χ4v) is 2.12. The van der Waals surface area contributed by atoms with Gasteiger partial charge in [-0.25, -0.2) is 9.78 Å². The number of nitrogens with zero attached hydrogens (tertiary/aromatic N) is 1. The Labute approximate surface area is 123 Å². The van der Waals surface area contributed by atoms with Gasteiger partial charge in [-0.15, -0.1) is 0 Å². The number of nitrogens with two attached hydrogens (primary N) is 1. The molecular weight excluding hydrogens is 266 g/mol. The van der Waals surface area contributed by atoms with Gasteiger partial charge in [0.05, 0.1) is 11.9 Å². The molecule has 0 aliphatic rings. The molecule has 0 amide bonds. The van der Waals surface area contributed by atoms with Crippen molar-refractivity contribution in [2.45, 2.75) is 26.2 Å². The van der Waals surface area contributed by atoms with Gasteiger partial charge >= 0.3 is 5.97 Å². The molecule has 0 unspecified atom stereocenters. The first-order valence-corrected chi connectivity index (χ1v) is 6.64. The minimum Gasteiger partial charge on any atom is -0.478 e. The highest BCUT2D eigenvalue weighted by Gasteiger charge is 2.19. The minimum absolute atomic E-state index is 0.0544. The van der Waals surface area contributed by atoms with Crippen molar-refractivity contribution in [3.63, 3.8) is 0 Å². The van der Waals surface area contributed by atoms with Crippen LogP contribution in [0.15, 0.2) is 36.5 Å². The molecule has 5 heteroatoms. The Hall–Kier alpha value is -2.56. The summed E-state index contributed by atoms with van der Waals surface area (Å²) < 4.78 is 0. The smallest absolute Gasteiger partial charge is 0.339 e. The van der Waals surface area contributed by atoms with Gasteiger partial charge < -0.3 is 16.2 Å². The molecule has 110 valence electrons. The van der Waals surface area contributed by atoms with E-state index in [-0.39, 0.29) is 16.8 Å². The van der Waals surface area contributed by atoms with Crippen molar-refractivity contribution >= 4 is 23.2 Å². The van der Waals surface area contributed by atoms with Crippen LogP contribution < -0.4 is 11.1 Å². The molecule has 4 N–H and O–H groups in total. The number of anilines is 3. The Morgan fingerprint density at radius 1 is 1.29 bits per heavy atom. The van der Waals surface area contributed by atoms with E-state index in [0.717, 1.165) is 11.3 Å². The fourth-order valence-electron chi connectivity index (χ4n) is 2.12. The first-order chi connectivity index (χ1) is 9.79. The second kappa shape index (κ2) is 5.44. The summed E-state index contributed by atoms with van der Waals surface area (Å²) in [6, 6.07) is 9.18. The van der Waals surface area contributed by atoms with E-state index in [1.807, 2.05) is 24.3 Å². The Bertz CT molecular complexity index is 675. The predicted octanol–water partition coefficient (Wildman–Crippen LogP) is 3.40. The highest BCUT2D eigenvalue weighted by atomic mass is 16.4. The van der Waals surface area contributed by atoms with Crippen LogP contribution in [0.3, 0.4) is 0 Å². The number of nitrogen functional groups attached to an aromatic ring is 1. The van der Waals surface area contributed by atoms with E-state index in [1.54, 1.807) is 0 Å². The van der Waals surface area contributed by atoms with Gasteiger partial charge in [0.2, 0.25) is 0 Å². The standard InChI is InChI=1S/C16H19N3O2/c1-16(2,3)12-6-4-5-7-13(12)19-14-11(15(20)21)8-10(17)9-18-14/h4-9H,17H2,1-3H3,(H,18,19)(H,20,21). The zero-order valence-electron chi connectivity index (χ0n) is 12.3. The summed E-state index contributed by atoms with van der Waals surface area (Å²) >= 11 is 0. The maximum Gasteiger partial charge on any atom is 0.339 e. The van der Waals surface area contributed by atoms with Gasteiger partial charge in [0.15, 0.2) is 0 Å². The van der Waals surface area contributed by atoms with Crippen molar-refractivity contribution in [3.8, 4) is 0 Å². The van der Waals surface area contributed by atoms with Crippen molar-refractivity contribution < 1.29 is 9.90 Å². The molecule has 21 heavy (non-hydrogen) atoms. The van der Waals surface area contributed by atoms with E-state index in [2.05, 4.69) is 31.1 Å². The van der Waals surface area contributed by atoms with Gasteiger partial charge in [0, 0.05) is 5.69 Å². The maximum atomic E-state index is 11.3. The predicted molar refractivity (Wildman–Crippen MR) is 84.0 cm³/mol.